The van der Waals surface area contributed by atoms with Crippen molar-refractivity contribution in [2.45, 2.75) is 38.8 Å². The van der Waals surface area contributed by atoms with Gasteiger partial charge < -0.3 is 20.1 Å². The van der Waals surface area contributed by atoms with Gasteiger partial charge in [-0.1, -0.05) is 26.0 Å². The van der Waals surface area contributed by atoms with E-state index in [1.54, 1.807) is 17.4 Å². The number of carbonyl (C=O) groups is 1. The quantitative estimate of drug-likeness (QED) is 0.562. The number of pyridine rings is 1. The second-order valence-electron chi connectivity index (χ2n) is 6.00. The molecule has 2 aromatic rings. The number of halogens is 7. The SMILES string of the molecule is CC.Fc1ccccc1OC(F)(F)F.O=C(NCC(F)(F)F)NC1CCOc2cccnc21. The molecule has 0 saturated carbocycles. The molecule has 6 nitrogen and oxygen atoms in total. The zero-order valence-corrected chi connectivity index (χ0v) is 17.6. The van der Waals surface area contributed by atoms with Gasteiger partial charge in [-0.2, -0.15) is 13.2 Å². The minimum Gasteiger partial charge on any atom is -0.491 e. The van der Waals surface area contributed by atoms with E-state index in [2.05, 4.69) is 15.0 Å². The Hall–Kier alpha value is -3.25. The number of aromatic nitrogens is 1. The molecule has 184 valence electrons. The minimum atomic E-state index is -4.85. The first-order chi connectivity index (χ1) is 15.4. The van der Waals surface area contributed by atoms with Crippen LogP contribution in [0.25, 0.3) is 0 Å². The fourth-order valence-corrected chi connectivity index (χ4v) is 2.39. The maximum atomic E-state index is 12.5. The number of hydrogen-bond donors (Lipinski definition) is 2. The van der Waals surface area contributed by atoms with Gasteiger partial charge in [0, 0.05) is 12.6 Å². The third kappa shape index (κ3) is 10.7. The van der Waals surface area contributed by atoms with Gasteiger partial charge in [0.2, 0.25) is 0 Å². The van der Waals surface area contributed by atoms with E-state index in [9.17, 15) is 35.5 Å². The lowest BCUT2D eigenvalue weighted by molar-refractivity contribution is -0.275. The summed E-state index contributed by atoms with van der Waals surface area (Å²) in [6.07, 6.45) is -7.27. The highest BCUT2D eigenvalue weighted by Crippen LogP contribution is 2.29. The first-order valence-corrected chi connectivity index (χ1v) is 9.64. The molecule has 0 bridgehead atoms. The Balaban J connectivity index is 0.000000335. The Morgan fingerprint density at radius 2 is 1.79 bits per heavy atom. The maximum Gasteiger partial charge on any atom is 0.573 e. The number of benzene rings is 1. The van der Waals surface area contributed by atoms with Crippen LogP contribution in [-0.4, -0.2) is 36.7 Å². The molecule has 2 heterocycles. The standard InChI is InChI=1S/C11H12F3N3O2.C7H4F4O.C2H6/c12-11(13,14)6-16-10(18)17-7-3-5-19-8-2-1-4-15-9(7)8;8-5-3-1-2-4-6(5)12-7(9,10)11;1-2/h1-2,4,7H,3,5-6H2,(H2,16,17,18);1-4H;1-2H3. The second kappa shape index (κ2) is 12.7. The lowest BCUT2D eigenvalue weighted by Gasteiger charge is -2.25. The van der Waals surface area contributed by atoms with Crippen LogP contribution in [0.15, 0.2) is 42.6 Å². The van der Waals surface area contributed by atoms with Crippen LogP contribution in [0.4, 0.5) is 35.5 Å². The molecule has 2 N–H and O–H groups in total. The van der Waals surface area contributed by atoms with Crippen molar-refractivity contribution in [1.29, 1.82) is 0 Å². The van der Waals surface area contributed by atoms with Crippen molar-refractivity contribution in [1.82, 2.24) is 15.6 Å². The van der Waals surface area contributed by atoms with Crippen LogP contribution in [0.5, 0.6) is 11.5 Å². The molecule has 1 atom stereocenters. The average molecular weight is 485 g/mol. The Bertz CT molecular complexity index is 876. The summed E-state index contributed by atoms with van der Waals surface area (Å²) < 4.78 is 91.7. The Morgan fingerprint density at radius 1 is 1.12 bits per heavy atom. The lowest BCUT2D eigenvalue weighted by atomic mass is 10.1. The summed E-state index contributed by atoms with van der Waals surface area (Å²) in [6, 6.07) is 6.39. The normalized spacial score (nSPS) is 14.8. The summed E-state index contributed by atoms with van der Waals surface area (Å²) in [6.45, 7) is 3.01. The van der Waals surface area contributed by atoms with E-state index in [-0.39, 0.29) is 0 Å². The van der Waals surface area contributed by atoms with Gasteiger partial charge in [-0.3, -0.25) is 4.98 Å². The molecular formula is C20H22F7N3O3. The molecule has 0 saturated heterocycles. The minimum absolute atomic E-state index is 0.378. The van der Waals surface area contributed by atoms with E-state index in [4.69, 9.17) is 4.74 Å². The molecule has 1 aromatic heterocycles. The van der Waals surface area contributed by atoms with Gasteiger partial charge in [-0.15, -0.1) is 13.2 Å². The summed E-state index contributed by atoms with van der Waals surface area (Å²) in [5.74, 6) is -1.31. The Labute approximate surface area is 185 Å². The van der Waals surface area contributed by atoms with E-state index >= 15 is 0 Å². The van der Waals surface area contributed by atoms with Crippen molar-refractivity contribution in [2.24, 2.45) is 0 Å². The fourth-order valence-electron chi connectivity index (χ4n) is 2.39. The van der Waals surface area contributed by atoms with Crippen molar-refractivity contribution in [3.8, 4) is 11.5 Å². The highest BCUT2D eigenvalue weighted by molar-refractivity contribution is 5.74. The number of nitrogens with one attached hydrogen (secondary N) is 2. The number of nitrogens with zero attached hydrogens (tertiary/aromatic N) is 1. The van der Waals surface area contributed by atoms with Crippen molar-refractivity contribution in [3.05, 3.63) is 54.1 Å². The van der Waals surface area contributed by atoms with Crippen molar-refractivity contribution in [2.75, 3.05) is 13.2 Å². The fraction of sp³-hybridized carbons (Fsp3) is 0.400. The number of alkyl halides is 6. The number of carbonyl (C=O) groups excluding carboxylic acids is 1. The molecule has 0 spiro atoms. The van der Waals surface area contributed by atoms with Crippen LogP contribution < -0.4 is 20.1 Å². The lowest BCUT2D eigenvalue weighted by Crippen LogP contribution is -2.43. The summed E-state index contributed by atoms with van der Waals surface area (Å²) in [5, 5.41) is 4.21. The van der Waals surface area contributed by atoms with Crippen LogP contribution in [-0.2, 0) is 0 Å². The van der Waals surface area contributed by atoms with Crippen LogP contribution in [0.1, 0.15) is 32.0 Å². The van der Waals surface area contributed by atoms with Gasteiger partial charge in [-0.25, -0.2) is 9.18 Å². The Kier molecular flexibility index (Phi) is 10.7. The molecule has 0 fully saturated rings. The smallest absolute Gasteiger partial charge is 0.491 e. The first kappa shape index (κ1) is 27.8. The monoisotopic (exact) mass is 485 g/mol. The average Bonchev–Trinajstić information content (AvgIpc) is 2.75. The number of fused-ring (bicyclic) bond motifs is 1. The molecular weight excluding hydrogens is 463 g/mol. The first-order valence-electron chi connectivity index (χ1n) is 9.64. The summed E-state index contributed by atoms with van der Waals surface area (Å²) in [4.78, 5) is 15.4. The van der Waals surface area contributed by atoms with Crippen molar-refractivity contribution < 1.29 is 45.0 Å². The zero-order chi connectivity index (χ0) is 25.1. The molecule has 0 aliphatic carbocycles. The predicted molar refractivity (Wildman–Crippen MR) is 104 cm³/mol. The molecule has 1 aromatic carbocycles. The number of hydrogen-bond acceptors (Lipinski definition) is 4. The van der Waals surface area contributed by atoms with E-state index in [0.717, 1.165) is 12.1 Å². The van der Waals surface area contributed by atoms with E-state index in [1.165, 1.54) is 18.3 Å². The van der Waals surface area contributed by atoms with Gasteiger partial charge in [0.25, 0.3) is 0 Å². The second-order valence-corrected chi connectivity index (χ2v) is 6.00. The van der Waals surface area contributed by atoms with E-state index in [1.807, 2.05) is 13.8 Å². The van der Waals surface area contributed by atoms with Crippen LogP contribution in [0, 0.1) is 5.82 Å². The largest absolute Gasteiger partial charge is 0.573 e. The Morgan fingerprint density at radius 3 is 2.39 bits per heavy atom. The van der Waals surface area contributed by atoms with Gasteiger partial charge in [0.1, 0.15) is 18.0 Å². The molecule has 33 heavy (non-hydrogen) atoms. The summed E-state index contributed by atoms with van der Waals surface area (Å²) in [7, 11) is 0. The van der Waals surface area contributed by atoms with Crippen LogP contribution >= 0.6 is 0 Å². The number of para-hydroxylation sites is 1. The molecule has 3 rings (SSSR count). The van der Waals surface area contributed by atoms with E-state index in [0.29, 0.717) is 24.5 Å². The third-order valence-electron chi connectivity index (χ3n) is 3.61. The topological polar surface area (TPSA) is 72.5 Å². The van der Waals surface area contributed by atoms with Crippen LogP contribution in [0.3, 0.4) is 0 Å². The number of amides is 2. The maximum absolute atomic E-state index is 12.5. The van der Waals surface area contributed by atoms with Gasteiger partial charge in [0.05, 0.1) is 12.6 Å². The number of urea groups is 1. The van der Waals surface area contributed by atoms with Crippen LogP contribution in [0.2, 0.25) is 0 Å². The summed E-state index contributed by atoms with van der Waals surface area (Å²) in [5.41, 5.74) is 0.524. The van der Waals surface area contributed by atoms with Gasteiger partial charge in [-0.05, 0) is 24.3 Å². The zero-order valence-electron chi connectivity index (χ0n) is 17.6. The number of rotatable bonds is 3. The van der Waals surface area contributed by atoms with E-state index < -0.39 is 42.7 Å². The molecule has 2 amide bonds. The van der Waals surface area contributed by atoms with Crippen molar-refractivity contribution >= 4 is 6.03 Å². The number of ether oxygens (including phenoxy) is 2. The highest BCUT2D eigenvalue weighted by atomic mass is 19.4. The highest BCUT2D eigenvalue weighted by Gasteiger charge is 2.32. The summed E-state index contributed by atoms with van der Waals surface area (Å²) >= 11 is 0. The van der Waals surface area contributed by atoms with Gasteiger partial charge in [0.15, 0.2) is 11.6 Å². The van der Waals surface area contributed by atoms with Gasteiger partial charge >= 0.3 is 18.6 Å². The molecule has 1 aliphatic rings. The molecule has 1 aliphatic heterocycles. The third-order valence-corrected chi connectivity index (χ3v) is 3.61. The molecule has 13 heteroatoms. The molecule has 0 radical (unpaired) electrons. The molecule has 1 unspecified atom stereocenters. The predicted octanol–water partition coefficient (Wildman–Crippen LogP) is 5.52. The van der Waals surface area contributed by atoms with Crippen molar-refractivity contribution in [3.63, 3.8) is 0 Å².